The highest BCUT2D eigenvalue weighted by Gasteiger charge is 2.66. The van der Waals surface area contributed by atoms with E-state index in [1.807, 2.05) is 62.5 Å². The van der Waals surface area contributed by atoms with Gasteiger partial charge in [-0.25, -0.2) is 0 Å². The van der Waals surface area contributed by atoms with Gasteiger partial charge in [0.1, 0.15) is 0 Å². The van der Waals surface area contributed by atoms with Gasteiger partial charge in [-0.05, 0) is 61.7 Å². The lowest BCUT2D eigenvalue weighted by atomic mass is 9.82. The van der Waals surface area contributed by atoms with Gasteiger partial charge in [0.05, 0.1) is 38.0 Å². The summed E-state index contributed by atoms with van der Waals surface area (Å²) in [5.41, 5.74) is 1.91. The van der Waals surface area contributed by atoms with Crippen LogP contribution in [0.1, 0.15) is 49.3 Å². The van der Waals surface area contributed by atoms with Crippen LogP contribution in [0, 0.1) is 5.92 Å². The average molecular weight is 674 g/mol. The molecule has 0 aliphatic carbocycles. The minimum atomic E-state index is -2.96. The molecule has 0 aromatic heterocycles. The Bertz CT molecular complexity index is 1400. The number of rotatable bonds is 9. The van der Waals surface area contributed by atoms with Crippen LogP contribution in [0.5, 0.6) is 0 Å². The molecule has 5 atom stereocenters. The van der Waals surface area contributed by atoms with Gasteiger partial charge < -0.3 is 29.2 Å². The van der Waals surface area contributed by atoms with Crippen molar-refractivity contribution >= 4 is 47.7 Å². The van der Waals surface area contributed by atoms with E-state index in [4.69, 9.17) is 9.47 Å². The van der Waals surface area contributed by atoms with Crippen molar-refractivity contribution in [1.82, 2.24) is 4.90 Å². The zero-order valence-corrected chi connectivity index (χ0v) is 27.8. The fraction of sp³-hybridized carbons (Fsp3) is 0.531. The molecule has 1 spiro atoms. The quantitative estimate of drug-likeness (QED) is 0.232. The summed E-state index contributed by atoms with van der Waals surface area (Å²) in [6, 6.07) is 13.3. The molecule has 43 heavy (non-hydrogen) atoms. The summed E-state index contributed by atoms with van der Waals surface area (Å²) in [5, 5.41) is 10.2. The zero-order chi connectivity index (χ0) is 31.1. The van der Waals surface area contributed by atoms with E-state index in [2.05, 4.69) is 15.9 Å². The molecule has 0 bridgehead atoms. The Morgan fingerprint density at radius 3 is 2.56 bits per heavy atom. The van der Waals surface area contributed by atoms with Crippen LogP contribution in [0.25, 0.3) is 0 Å². The van der Waals surface area contributed by atoms with Gasteiger partial charge in [0.25, 0.3) is 5.91 Å². The molecule has 232 valence electrons. The Labute approximate surface area is 262 Å². The highest BCUT2D eigenvalue weighted by atomic mass is 79.9. The molecule has 9 nitrogen and oxygen atoms in total. The molecule has 2 aromatic rings. The summed E-state index contributed by atoms with van der Waals surface area (Å²) in [4.78, 5) is 55.0. The Morgan fingerprint density at radius 1 is 1.16 bits per heavy atom. The number of ether oxygens (including phenoxy) is 2. The van der Waals surface area contributed by atoms with Crippen molar-refractivity contribution in [1.29, 1.82) is 0 Å². The molecule has 0 saturated carbocycles. The number of fused-ring (bicyclic) bond motifs is 3. The number of unbranched alkanes of at least 4 members (excludes halogenated alkanes) is 1. The largest absolute Gasteiger partial charge is 0.469 e. The maximum absolute atomic E-state index is 14.4. The third-order valence-corrected chi connectivity index (χ3v) is 12.4. The Balaban J connectivity index is 1.45. The van der Waals surface area contributed by atoms with Crippen LogP contribution >= 0.6 is 15.9 Å². The van der Waals surface area contributed by atoms with E-state index in [0.29, 0.717) is 32.4 Å². The Kier molecular flexibility index (Phi) is 9.21. The second-order valence-electron chi connectivity index (χ2n) is 12.5. The minimum Gasteiger partial charge on any atom is -0.469 e. The number of aliphatic hydroxyl groups is 1. The molecule has 0 unspecified atom stereocenters. The summed E-state index contributed by atoms with van der Waals surface area (Å²) >= 11 is 3.57. The number of hydrogen-bond donors (Lipinski definition) is 2. The van der Waals surface area contributed by atoms with Crippen LogP contribution < -0.4 is 4.90 Å². The number of esters is 1. The van der Waals surface area contributed by atoms with E-state index < -0.39 is 31.5 Å². The highest BCUT2D eigenvalue weighted by molar-refractivity contribution is 9.10. The van der Waals surface area contributed by atoms with Crippen molar-refractivity contribution < 1.29 is 33.8 Å². The van der Waals surface area contributed by atoms with Crippen LogP contribution in [0.3, 0.4) is 0 Å². The molecule has 11 heteroatoms. The van der Waals surface area contributed by atoms with Crippen molar-refractivity contribution in [2.24, 2.45) is 5.92 Å². The first-order chi connectivity index (χ1) is 20.4. The Morgan fingerprint density at radius 2 is 1.88 bits per heavy atom. The van der Waals surface area contributed by atoms with Crippen molar-refractivity contribution in [2.45, 2.75) is 82.0 Å². The molecule has 1 fully saturated rings. The molecule has 3 aliphatic rings. The number of methoxy groups -OCH3 is 1. The second-order valence-corrected chi connectivity index (χ2v) is 17.4. The topological polar surface area (TPSA) is 117 Å². The summed E-state index contributed by atoms with van der Waals surface area (Å²) < 4.78 is 12.4. The summed E-state index contributed by atoms with van der Waals surface area (Å²) in [6.45, 7) is 6.28. The summed E-state index contributed by atoms with van der Waals surface area (Å²) in [5.74, 6) is -1.05. The van der Waals surface area contributed by atoms with Crippen molar-refractivity contribution in [3.63, 3.8) is 0 Å². The van der Waals surface area contributed by atoms with Crippen LogP contribution in [-0.4, -0.2) is 73.3 Å². The first-order valence-corrected chi connectivity index (χ1v) is 18.8. The Hall–Kier alpha value is -2.57. The van der Waals surface area contributed by atoms with Gasteiger partial charge in [0.15, 0.2) is 13.9 Å². The molecular formula is C32H41BrN2O7Si. The predicted molar refractivity (Wildman–Crippen MR) is 168 cm³/mol. The van der Waals surface area contributed by atoms with Gasteiger partial charge in [-0.3, -0.25) is 14.4 Å². The molecule has 1 saturated heterocycles. The smallest absolute Gasteiger partial charge is 0.305 e. The molecule has 2 aromatic carbocycles. The molecule has 0 radical (unpaired) electrons. The van der Waals surface area contributed by atoms with Crippen molar-refractivity contribution in [3.05, 3.63) is 63.6 Å². The lowest BCUT2D eigenvalue weighted by molar-refractivity contribution is -0.151. The van der Waals surface area contributed by atoms with Crippen molar-refractivity contribution in [3.8, 4) is 0 Å². The molecular weight excluding hydrogens is 632 g/mol. The summed E-state index contributed by atoms with van der Waals surface area (Å²) in [6.07, 6.45) is 1.34. The SMILES string of the molecule is COC(=O)CCCCN1C(=O)[C@]2(O[C@H](CC(=O)N3Cc4ccccc4C[C@H]3CO)[C@@H]([Si](C)(C)O)[C@@H]2C)c2cc(Br)ccc21. The number of aliphatic hydroxyl groups excluding tert-OH is 1. The maximum atomic E-state index is 14.4. The van der Waals surface area contributed by atoms with Gasteiger partial charge >= 0.3 is 5.97 Å². The van der Waals surface area contributed by atoms with Gasteiger partial charge in [-0.1, -0.05) is 47.1 Å². The second kappa shape index (κ2) is 12.4. The normalized spacial score (nSPS) is 26.5. The third kappa shape index (κ3) is 5.82. The first kappa shape index (κ1) is 31.8. The standard InChI is InChI=1S/C32H41BrN2O7Si/c1-20-30(43(3,4)40)27(17-28(37)35-18-22-10-6-5-9-21(22)15-24(35)19-36)42-32(20)25-16-23(33)12-13-26(25)34(31(32)39)14-8-7-11-29(38)41-2/h5-6,9-10,12-13,16,20,24,27,30,36,40H,7-8,11,14-15,17-19H2,1-4H3/t20-,24-,27+,30-,32+/m0/s1. The van der Waals surface area contributed by atoms with Gasteiger partial charge in [-0.2, -0.15) is 0 Å². The summed E-state index contributed by atoms with van der Waals surface area (Å²) in [7, 11) is -1.59. The number of benzene rings is 2. The number of carbonyl (C=O) groups excluding carboxylic acids is 3. The molecule has 3 aliphatic heterocycles. The molecule has 3 heterocycles. The monoisotopic (exact) mass is 672 g/mol. The van der Waals surface area contributed by atoms with E-state index in [-0.39, 0.29) is 43.3 Å². The lowest BCUT2D eigenvalue weighted by Gasteiger charge is -2.37. The van der Waals surface area contributed by atoms with Crippen LogP contribution in [0.15, 0.2) is 46.9 Å². The first-order valence-electron chi connectivity index (χ1n) is 15.0. The van der Waals surface area contributed by atoms with Gasteiger partial charge in [0, 0.05) is 41.0 Å². The van der Waals surface area contributed by atoms with E-state index >= 15 is 0 Å². The highest BCUT2D eigenvalue weighted by Crippen LogP contribution is 2.60. The van der Waals surface area contributed by atoms with E-state index in [0.717, 1.165) is 26.9 Å². The molecule has 2 N–H and O–H groups in total. The van der Waals surface area contributed by atoms with Crippen LogP contribution in [-0.2, 0) is 42.4 Å². The van der Waals surface area contributed by atoms with E-state index in [1.165, 1.54) is 7.11 Å². The van der Waals surface area contributed by atoms with Gasteiger partial charge in [-0.15, -0.1) is 0 Å². The molecule has 2 amide bonds. The fourth-order valence-corrected chi connectivity index (χ4v) is 10.4. The number of nitrogens with zero attached hydrogens (tertiary/aromatic N) is 2. The number of halogens is 1. The van der Waals surface area contributed by atoms with Crippen LogP contribution in [0.2, 0.25) is 18.6 Å². The number of hydrogen-bond acceptors (Lipinski definition) is 7. The average Bonchev–Trinajstić information content (AvgIpc) is 3.40. The van der Waals surface area contributed by atoms with E-state index in [9.17, 15) is 24.3 Å². The maximum Gasteiger partial charge on any atom is 0.305 e. The minimum absolute atomic E-state index is 0.00214. The van der Waals surface area contributed by atoms with E-state index in [1.54, 1.807) is 9.80 Å². The lowest BCUT2D eigenvalue weighted by Crippen LogP contribution is -2.48. The van der Waals surface area contributed by atoms with Crippen molar-refractivity contribution in [2.75, 3.05) is 25.2 Å². The third-order valence-electron chi connectivity index (χ3n) is 9.45. The number of amides is 2. The van der Waals surface area contributed by atoms with Crippen LogP contribution in [0.4, 0.5) is 5.69 Å². The predicted octanol–water partition coefficient (Wildman–Crippen LogP) is 4.27. The fourth-order valence-electron chi connectivity index (χ4n) is 7.44. The number of carbonyl (C=O) groups is 3. The van der Waals surface area contributed by atoms with Gasteiger partial charge in [0.2, 0.25) is 5.91 Å². The number of anilines is 1. The molecule has 5 rings (SSSR count). The zero-order valence-electron chi connectivity index (χ0n) is 25.2.